The number of nitrogens with zero attached hydrogens (tertiary/aromatic N) is 1. The molecule has 1 unspecified atom stereocenters. The van der Waals surface area contributed by atoms with Crippen LogP contribution in [-0.4, -0.2) is 37.1 Å². The van der Waals surface area contributed by atoms with E-state index in [0.717, 1.165) is 5.92 Å². The van der Waals surface area contributed by atoms with Crippen molar-refractivity contribution in [1.29, 1.82) is 0 Å². The van der Waals surface area contributed by atoms with Crippen LogP contribution in [0.2, 0.25) is 0 Å². The van der Waals surface area contributed by atoms with Gasteiger partial charge in [-0.3, -0.25) is 0 Å². The molecule has 0 bridgehead atoms. The van der Waals surface area contributed by atoms with E-state index < -0.39 is 0 Å². The minimum Gasteiger partial charge on any atom is -0.312 e. The van der Waals surface area contributed by atoms with E-state index in [2.05, 4.69) is 31.0 Å². The largest absolute Gasteiger partial charge is 0.312 e. The molecule has 1 N–H and O–H groups in total. The summed E-state index contributed by atoms with van der Waals surface area (Å²) < 4.78 is 0. The lowest BCUT2D eigenvalue weighted by molar-refractivity contribution is 0.194. The summed E-state index contributed by atoms with van der Waals surface area (Å²) in [5, 5.41) is 3.72. The first-order valence-corrected chi connectivity index (χ1v) is 7.51. The van der Waals surface area contributed by atoms with Crippen LogP contribution in [0.5, 0.6) is 0 Å². The van der Waals surface area contributed by atoms with E-state index in [1.807, 2.05) is 0 Å². The van der Waals surface area contributed by atoms with Gasteiger partial charge in [0.1, 0.15) is 0 Å². The second-order valence-electron chi connectivity index (χ2n) is 7.11. The molecule has 0 spiro atoms. The molecule has 1 saturated heterocycles. The smallest absolute Gasteiger partial charge is 0.0243 e. The monoisotopic (exact) mass is 238 g/mol. The van der Waals surface area contributed by atoms with Gasteiger partial charge in [-0.25, -0.2) is 0 Å². The minimum atomic E-state index is 0.388. The van der Waals surface area contributed by atoms with Crippen LogP contribution in [0.1, 0.15) is 52.9 Å². The summed E-state index contributed by atoms with van der Waals surface area (Å²) in [6.45, 7) is 12.1. The summed E-state index contributed by atoms with van der Waals surface area (Å²) in [4.78, 5) is 2.69. The highest BCUT2D eigenvalue weighted by molar-refractivity contribution is 4.86. The zero-order valence-electron chi connectivity index (χ0n) is 12.0. The molecule has 0 radical (unpaired) electrons. The van der Waals surface area contributed by atoms with Crippen LogP contribution < -0.4 is 5.32 Å². The third-order valence-electron chi connectivity index (χ3n) is 4.31. The standard InChI is InChI=1S/C15H30N2/c1-15(2,3)14-12-17(11-5-9-16-14)10-4-6-13-7-8-13/h13-14,16H,4-12H2,1-3H3. The number of nitrogens with one attached hydrogen (secondary N) is 1. The maximum atomic E-state index is 3.72. The highest BCUT2D eigenvalue weighted by atomic mass is 15.2. The minimum absolute atomic E-state index is 0.388. The van der Waals surface area contributed by atoms with Gasteiger partial charge in [0.05, 0.1) is 0 Å². The molecule has 17 heavy (non-hydrogen) atoms. The Balaban J connectivity index is 1.75. The molecule has 0 aromatic rings. The molecule has 2 heteroatoms. The topological polar surface area (TPSA) is 15.3 Å². The first-order chi connectivity index (χ1) is 8.05. The van der Waals surface area contributed by atoms with Crippen molar-refractivity contribution in [3.05, 3.63) is 0 Å². The van der Waals surface area contributed by atoms with Gasteiger partial charge >= 0.3 is 0 Å². The maximum absolute atomic E-state index is 3.72. The van der Waals surface area contributed by atoms with Crippen LogP contribution in [0.4, 0.5) is 0 Å². The Morgan fingerprint density at radius 1 is 1.24 bits per heavy atom. The van der Waals surface area contributed by atoms with Crippen LogP contribution >= 0.6 is 0 Å². The Morgan fingerprint density at radius 3 is 2.65 bits per heavy atom. The van der Waals surface area contributed by atoms with E-state index in [9.17, 15) is 0 Å². The lowest BCUT2D eigenvalue weighted by Gasteiger charge is -2.33. The SMILES string of the molecule is CC(C)(C)C1CN(CCCC2CC2)CCCN1. The van der Waals surface area contributed by atoms with E-state index in [-0.39, 0.29) is 0 Å². The van der Waals surface area contributed by atoms with Crippen molar-refractivity contribution < 1.29 is 0 Å². The van der Waals surface area contributed by atoms with Gasteiger partial charge in [-0.2, -0.15) is 0 Å². The fourth-order valence-corrected chi connectivity index (χ4v) is 2.79. The molecule has 2 fully saturated rings. The summed E-state index contributed by atoms with van der Waals surface area (Å²) in [5.74, 6) is 1.10. The molecule has 2 rings (SSSR count). The van der Waals surface area contributed by atoms with Crippen molar-refractivity contribution in [2.75, 3.05) is 26.2 Å². The summed E-state index contributed by atoms with van der Waals surface area (Å²) in [6.07, 6.45) is 7.22. The molecule has 1 aliphatic carbocycles. The summed E-state index contributed by atoms with van der Waals surface area (Å²) in [5.41, 5.74) is 0.388. The zero-order chi connectivity index (χ0) is 12.3. The van der Waals surface area contributed by atoms with E-state index in [1.54, 1.807) is 0 Å². The second kappa shape index (κ2) is 5.71. The molecular weight excluding hydrogens is 208 g/mol. The Morgan fingerprint density at radius 2 is 2.00 bits per heavy atom. The van der Waals surface area contributed by atoms with Gasteiger partial charge in [0.15, 0.2) is 0 Å². The molecule has 1 aliphatic heterocycles. The van der Waals surface area contributed by atoms with E-state index in [4.69, 9.17) is 0 Å². The van der Waals surface area contributed by atoms with Gasteiger partial charge in [-0.15, -0.1) is 0 Å². The first-order valence-electron chi connectivity index (χ1n) is 7.51. The van der Waals surface area contributed by atoms with E-state index in [1.165, 1.54) is 58.3 Å². The van der Waals surface area contributed by atoms with Crippen LogP contribution in [0.25, 0.3) is 0 Å². The Labute approximate surface area is 107 Å². The van der Waals surface area contributed by atoms with Crippen LogP contribution in [0.3, 0.4) is 0 Å². The average Bonchev–Trinajstić information content (AvgIpc) is 3.02. The van der Waals surface area contributed by atoms with Gasteiger partial charge in [0.2, 0.25) is 0 Å². The fraction of sp³-hybridized carbons (Fsp3) is 1.00. The third kappa shape index (κ3) is 4.59. The lowest BCUT2D eigenvalue weighted by Crippen LogP contribution is -2.46. The molecule has 1 heterocycles. The van der Waals surface area contributed by atoms with Crippen LogP contribution in [0.15, 0.2) is 0 Å². The highest BCUT2D eigenvalue weighted by Gasteiger charge is 2.28. The predicted molar refractivity (Wildman–Crippen MR) is 74.3 cm³/mol. The number of hydrogen-bond donors (Lipinski definition) is 1. The summed E-state index contributed by atoms with van der Waals surface area (Å²) >= 11 is 0. The number of hydrogen-bond acceptors (Lipinski definition) is 2. The van der Waals surface area contributed by atoms with Crippen molar-refractivity contribution >= 4 is 0 Å². The lowest BCUT2D eigenvalue weighted by atomic mass is 9.86. The zero-order valence-corrected chi connectivity index (χ0v) is 12.0. The van der Waals surface area contributed by atoms with Gasteiger partial charge in [0.25, 0.3) is 0 Å². The van der Waals surface area contributed by atoms with E-state index >= 15 is 0 Å². The van der Waals surface area contributed by atoms with Crippen LogP contribution in [-0.2, 0) is 0 Å². The Bertz CT molecular complexity index is 228. The molecule has 0 amide bonds. The van der Waals surface area contributed by atoms with Gasteiger partial charge < -0.3 is 10.2 Å². The third-order valence-corrected chi connectivity index (χ3v) is 4.31. The normalized spacial score (nSPS) is 28.1. The van der Waals surface area contributed by atoms with Crippen molar-refractivity contribution in [3.8, 4) is 0 Å². The molecular formula is C15H30N2. The predicted octanol–water partition coefficient (Wildman–Crippen LogP) is 2.89. The molecule has 2 nitrogen and oxygen atoms in total. The van der Waals surface area contributed by atoms with Crippen molar-refractivity contribution in [2.45, 2.75) is 58.9 Å². The molecule has 1 atom stereocenters. The molecule has 2 aliphatic rings. The molecule has 0 aromatic carbocycles. The van der Waals surface area contributed by atoms with Gasteiger partial charge in [-0.1, -0.05) is 33.6 Å². The highest BCUT2D eigenvalue weighted by Crippen LogP contribution is 2.33. The molecule has 100 valence electrons. The average molecular weight is 238 g/mol. The van der Waals surface area contributed by atoms with Crippen molar-refractivity contribution in [3.63, 3.8) is 0 Å². The van der Waals surface area contributed by atoms with E-state index in [0.29, 0.717) is 11.5 Å². The second-order valence-corrected chi connectivity index (χ2v) is 7.11. The van der Waals surface area contributed by atoms with Crippen molar-refractivity contribution in [2.24, 2.45) is 11.3 Å². The molecule has 0 aromatic heterocycles. The Kier molecular flexibility index (Phi) is 4.48. The van der Waals surface area contributed by atoms with Gasteiger partial charge in [0, 0.05) is 12.6 Å². The Hall–Kier alpha value is -0.0800. The quantitative estimate of drug-likeness (QED) is 0.810. The summed E-state index contributed by atoms with van der Waals surface area (Å²) in [7, 11) is 0. The van der Waals surface area contributed by atoms with Gasteiger partial charge in [-0.05, 0) is 50.2 Å². The number of rotatable bonds is 4. The molecule has 1 saturated carbocycles. The summed E-state index contributed by atoms with van der Waals surface area (Å²) in [6, 6.07) is 0.658. The first kappa shape index (κ1) is 13.4. The fourth-order valence-electron chi connectivity index (χ4n) is 2.79. The van der Waals surface area contributed by atoms with Crippen LogP contribution in [0, 0.1) is 11.3 Å². The maximum Gasteiger partial charge on any atom is 0.0243 e. The van der Waals surface area contributed by atoms with Crippen molar-refractivity contribution in [1.82, 2.24) is 10.2 Å².